The number of fused-ring (bicyclic) bond motifs is 7. The predicted molar refractivity (Wildman–Crippen MR) is 258 cm³/mol. The van der Waals surface area contributed by atoms with Crippen molar-refractivity contribution in [1.29, 1.82) is 0 Å². The number of aromatic nitrogens is 2. The van der Waals surface area contributed by atoms with Gasteiger partial charge in [0.2, 0.25) is 0 Å². The first kappa shape index (κ1) is 34.9. The lowest BCUT2D eigenvalue weighted by atomic mass is 9.99. The van der Waals surface area contributed by atoms with Crippen molar-refractivity contribution in [3.63, 3.8) is 0 Å². The highest BCUT2D eigenvalue weighted by atomic mass is 15.1. The molecule has 61 heavy (non-hydrogen) atoms. The summed E-state index contributed by atoms with van der Waals surface area (Å²) in [5.74, 6) is 0. The van der Waals surface area contributed by atoms with Gasteiger partial charge in [0.1, 0.15) is 0 Å². The van der Waals surface area contributed by atoms with Crippen molar-refractivity contribution in [1.82, 2.24) is 9.13 Å². The smallest absolute Gasteiger partial charge is 0.0541 e. The number of hydrogen-bond donors (Lipinski definition) is 0. The van der Waals surface area contributed by atoms with Gasteiger partial charge in [0.15, 0.2) is 0 Å². The van der Waals surface area contributed by atoms with Gasteiger partial charge < -0.3 is 14.0 Å². The molecule has 0 bridgehead atoms. The number of nitrogens with zero attached hydrogens (tertiary/aromatic N) is 3. The quantitative estimate of drug-likeness (QED) is 0.157. The Bertz CT molecular complexity index is 3520. The van der Waals surface area contributed by atoms with Crippen LogP contribution in [0.3, 0.4) is 0 Å². The molecule has 2 heterocycles. The Balaban J connectivity index is 1.14. The number of anilines is 3. The van der Waals surface area contributed by atoms with Crippen molar-refractivity contribution in [3.8, 4) is 33.6 Å². The van der Waals surface area contributed by atoms with Crippen LogP contribution in [0, 0.1) is 0 Å². The average Bonchev–Trinajstić information content (AvgIpc) is 3.85. The molecule has 3 nitrogen and oxygen atoms in total. The zero-order chi connectivity index (χ0) is 40.3. The third-order valence-electron chi connectivity index (χ3n) is 12.3. The predicted octanol–water partition coefficient (Wildman–Crippen LogP) is 15.8. The second-order valence-electron chi connectivity index (χ2n) is 15.8. The first-order valence-electron chi connectivity index (χ1n) is 20.9. The zero-order valence-electron chi connectivity index (χ0n) is 33.4. The van der Waals surface area contributed by atoms with Crippen LogP contribution in [0.2, 0.25) is 0 Å². The van der Waals surface area contributed by atoms with E-state index in [-0.39, 0.29) is 0 Å². The van der Waals surface area contributed by atoms with Gasteiger partial charge in [-0.25, -0.2) is 0 Å². The molecule has 2 aromatic heterocycles. The summed E-state index contributed by atoms with van der Waals surface area (Å²) in [5, 5.41) is 7.33. The molecule has 3 heteroatoms. The number of benzene rings is 10. The highest BCUT2D eigenvalue weighted by molar-refractivity contribution is 6.11. The third kappa shape index (κ3) is 5.82. The summed E-state index contributed by atoms with van der Waals surface area (Å²) in [4.78, 5) is 2.44. The van der Waals surface area contributed by atoms with Crippen LogP contribution in [0.15, 0.2) is 237 Å². The van der Waals surface area contributed by atoms with Crippen molar-refractivity contribution in [2.24, 2.45) is 0 Å². The van der Waals surface area contributed by atoms with E-state index in [4.69, 9.17) is 0 Å². The number of rotatable bonds is 7. The Morgan fingerprint density at radius 2 is 0.770 bits per heavy atom. The van der Waals surface area contributed by atoms with Gasteiger partial charge in [0.05, 0.1) is 27.8 Å². The minimum atomic E-state index is 1.07. The lowest BCUT2D eigenvalue weighted by Gasteiger charge is -2.28. The van der Waals surface area contributed by atoms with Gasteiger partial charge >= 0.3 is 0 Å². The summed E-state index contributed by atoms with van der Waals surface area (Å²) in [5.41, 5.74) is 15.0. The molecule has 0 atom stereocenters. The van der Waals surface area contributed by atoms with E-state index in [1.54, 1.807) is 0 Å². The van der Waals surface area contributed by atoms with Crippen molar-refractivity contribution < 1.29 is 0 Å². The van der Waals surface area contributed by atoms with Gasteiger partial charge in [-0.15, -0.1) is 0 Å². The Morgan fingerprint density at radius 1 is 0.262 bits per heavy atom. The Kier molecular flexibility index (Phi) is 8.17. The van der Waals surface area contributed by atoms with Gasteiger partial charge in [-0.1, -0.05) is 158 Å². The van der Waals surface area contributed by atoms with E-state index in [9.17, 15) is 0 Å². The maximum Gasteiger partial charge on any atom is 0.0541 e. The van der Waals surface area contributed by atoms with Crippen LogP contribution < -0.4 is 4.90 Å². The fourth-order valence-corrected chi connectivity index (χ4v) is 9.49. The molecule has 0 radical (unpaired) electrons. The molecular formula is C58H39N3. The van der Waals surface area contributed by atoms with Gasteiger partial charge in [0.25, 0.3) is 0 Å². The van der Waals surface area contributed by atoms with Crippen molar-refractivity contribution in [2.45, 2.75) is 0 Å². The normalized spacial score (nSPS) is 11.6. The van der Waals surface area contributed by atoms with E-state index in [1.807, 2.05) is 0 Å². The van der Waals surface area contributed by atoms with Crippen LogP contribution in [0.5, 0.6) is 0 Å². The number of para-hydroxylation sites is 4. The van der Waals surface area contributed by atoms with Crippen LogP contribution in [-0.2, 0) is 0 Å². The highest BCUT2D eigenvalue weighted by Gasteiger charge is 2.21. The van der Waals surface area contributed by atoms with E-state index in [0.29, 0.717) is 0 Å². The van der Waals surface area contributed by atoms with Crippen molar-refractivity contribution in [2.75, 3.05) is 4.90 Å². The molecule has 0 aliphatic rings. The molecule has 0 spiro atoms. The second-order valence-corrected chi connectivity index (χ2v) is 15.8. The lowest BCUT2D eigenvalue weighted by molar-refractivity contribution is 1.17. The molecule has 286 valence electrons. The molecule has 0 N–H and O–H groups in total. The minimum absolute atomic E-state index is 1.07. The standard InChI is InChI=1S/C58H39N3/c1-3-16-40(17-4-1)41-30-33-46(34-31-41)59(54-29-15-19-42-18-7-8-22-49(42)54)47-36-44(37-48(39-47)61-55-26-12-9-23-50(55)51-24-10-13-27-56(51)61)43-32-35-58-53(38-43)52-25-11-14-28-57(52)60(58)45-20-5-2-6-21-45/h1-39H. The van der Waals surface area contributed by atoms with Crippen LogP contribution >= 0.6 is 0 Å². The molecular weight excluding hydrogens is 739 g/mol. The van der Waals surface area contributed by atoms with Gasteiger partial charge in [-0.05, 0) is 107 Å². The van der Waals surface area contributed by atoms with Crippen LogP contribution in [0.4, 0.5) is 17.1 Å². The summed E-state index contributed by atoms with van der Waals surface area (Å²) in [6.45, 7) is 0. The summed E-state index contributed by atoms with van der Waals surface area (Å²) in [7, 11) is 0. The van der Waals surface area contributed by atoms with Crippen molar-refractivity contribution >= 4 is 71.4 Å². The van der Waals surface area contributed by atoms with E-state index in [0.717, 1.165) is 39.6 Å². The largest absolute Gasteiger partial charge is 0.310 e. The first-order valence-corrected chi connectivity index (χ1v) is 20.9. The van der Waals surface area contributed by atoms with E-state index < -0.39 is 0 Å². The molecule has 0 aliphatic carbocycles. The van der Waals surface area contributed by atoms with Gasteiger partial charge in [-0.2, -0.15) is 0 Å². The summed E-state index contributed by atoms with van der Waals surface area (Å²) in [6.07, 6.45) is 0. The summed E-state index contributed by atoms with van der Waals surface area (Å²) in [6, 6.07) is 86.1. The summed E-state index contributed by atoms with van der Waals surface area (Å²) < 4.78 is 4.83. The molecule has 0 amide bonds. The molecule has 0 unspecified atom stereocenters. The molecule has 10 aromatic carbocycles. The molecule has 12 rings (SSSR count). The second kappa shape index (κ2) is 14.3. The Morgan fingerprint density at radius 3 is 1.46 bits per heavy atom. The molecule has 12 aromatic rings. The number of hydrogen-bond acceptors (Lipinski definition) is 1. The van der Waals surface area contributed by atoms with Crippen LogP contribution in [0.25, 0.3) is 88.0 Å². The van der Waals surface area contributed by atoms with Crippen LogP contribution in [-0.4, -0.2) is 9.13 Å². The van der Waals surface area contributed by atoms with Crippen LogP contribution in [0.1, 0.15) is 0 Å². The first-order chi connectivity index (χ1) is 30.3. The summed E-state index contributed by atoms with van der Waals surface area (Å²) >= 11 is 0. The topological polar surface area (TPSA) is 13.1 Å². The molecule has 0 fully saturated rings. The molecule has 0 saturated heterocycles. The van der Waals surface area contributed by atoms with E-state index in [1.165, 1.54) is 65.5 Å². The van der Waals surface area contributed by atoms with Crippen molar-refractivity contribution in [3.05, 3.63) is 237 Å². The van der Waals surface area contributed by atoms with E-state index >= 15 is 0 Å². The Labute approximate surface area is 354 Å². The fourth-order valence-electron chi connectivity index (χ4n) is 9.49. The average molecular weight is 778 g/mol. The maximum absolute atomic E-state index is 2.44. The SMILES string of the molecule is c1ccc(-c2ccc(N(c3cc(-c4ccc5c(c4)c4ccccc4n5-c4ccccc4)cc(-n4c5ccccc5c5ccccc54)c3)c3cccc4ccccc34)cc2)cc1. The molecule has 0 saturated carbocycles. The lowest BCUT2D eigenvalue weighted by Crippen LogP contribution is -2.11. The highest BCUT2D eigenvalue weighted by Crippen LogP contribution is 2.44. The van der Waals surface area contributed by atoms with Gasteiger partial charge in [-0.3, -0.25) is 0 Å². The zero-order valence-corrected chi connectivity index (χ0v) is 33.4. The van der Waals surface area contributed by atoms with Gasteiger partial charge in [0, 0.05) is 49.7 Å². The van der Waals surface area contributed by atoms with E-state index in [2.05, 4.69) is 251 Å². The Hall–Kier alpha value is -8.14. The fraction of sp³-hybridized carbons (Fsp3) is 0. The minimum Gasteiger partial charge on any atom is -0.310 e. The monoisotopic (exact) mass is 777 g/mol. The third-order valence-corrected chi connectivity index (χ3v) is 12.3. The molecule has 0 aliphatic heterocycles. The maximum atomic E-state index is 2.44.